The van der Waals surface area contributed by atoms with Crippen LogP contribution >= 0.6 is 0 Å². The highest BCUT2D eigenvalue weighted by Crippen LogP contribution is 2.35. The molecule has 84 valence electrons. The van der Waals surface area contributed by atoms with Gasteiger partial charge in [-0.25, -0.2) is 0 Å². The maximum Gasteiger partial charge on any atom is 0.0556 e. The van der Waals surface area contributed by atoms with Crippen molar-refractivity contribution in [2.45, 2.75) is 45.2 Å². The summed E-state index contributed by atoms with van der Waals surface area (Å²) in [6.07, 6.45) is 7.42. The summed E-state index contributed by atoms with van der Waals surface area (Å²) in [5.74, 6) is 0.803. The first-order valence-electron chi connectivity index (χ1n) is 6.05. The first kappa shape index (κ1) is 10.7. The van der Waals surface area contributed by atoms with Crippen LogP contribution in [0.3, 0.4) is 0 Å². The third-order valence-electron chi connectivity index (χ3n) is 3.55. The molecule has 0 spiro atoms. The van der Waals surface area contributed by atoms with Gasteiger partial charge in [0.2, 0.25) is 0 Å². The lowest BCUT2D eigenvalue weighted by Gasteiger charge is -2.23. The van der Waals surface area contributed by atoms with Gasteiger partial charge in [-0.2, -0.15) is 5.10 Å². The normalized spacial score (nSPS) is 19.6. The van der Waals surface area contributed by atoms with E-state index < -0.39 is 0 Å². The van der Waals surface area contributed by atoms with E-state index >= 15 is 0 Å². The molecule has 1 N–H and O–H groups in total. The van der Waals surface area contributed by atoms with Crippen LogP contribution in [0.4, 0.5) is 0 Å². The summed E-state index contributed by atoms with van der Waals surface area (Å²) >= 11 is 0. The number of nitrogens with one attached hydrogen (secondary N) is 1. The molecule has 3 heteroatoms. The van der Waals surface area contributed by atoms with Crippen molar-refractivity contribution in [2.24, 2.45) is 5.92 Å². The molecule has 1 aromatic heterocycles. The molecule has 1 aliphatic rings. The Bertz CT molecular complexity index is 300. The highest BCUT2D eigenvalue weighted by molar-refractivity contribution is 5.09. The summed E-state index contributed by atoms with van der Waals surface area (Å²) in [6.45, 7) is 3.12. The van der Waals surface area contributed by atoms with Crippen molar-refractivity contribution >= 4 is 0 Å². The number of hydrogen-bond acceptors (Lipinski definition) is 2. The molecular weight excluding hydrogens is 186 g/mol. The van der Waals surface area contributed by atoms with E-state index in [1.54, 1.807) is 0 Å². The molecule has 0 amide bonds. The second-order valence-corrected chi connectivity index (χ2v) is 4.38. The van der Waals surface area contributed by atoms with E-state index in [0.717, 1.165) is 12.5 Å². The zero-order valence-electron chi connectivity index (χ0n) is 9.74. The second kappa shape index (κ2) is 4.79. The van der Waals surface area contributed by atoms with Gasteiger partial charge >= 0.3 is 0 Å². The fourth-order valence-electron chi connectivity index (χ4n) is 2.79. The van der Waals surface area contributed by atoms with Crippen molar-refractivity contribution in [1.82, 2.24) is 15.1 Å². The molecule has 1 saturated carbocycles. The number of hydrogen-bond donors (Lipinski definition) is 1. The SMILES string of the molecule is CCn1nccc1C(NC)C1CCCC1. The Morgan fingerprint density at radius 1 is 1.53 bits per heavy atom. The van der Waals surface area contributed by atoms with Crippen LogP contribution in [0, 0.1) is 5.92 Å². The average Bonchev–Trinajstić information content (AvgIpc) is 2.89. The third-order valence-corrected chi connectivity index (χ3v) is 3.55. The van der Waals surface area contributed by atoms with Gasteiger partial charge in [-0.3, -0.25) is 4.68 Å². The Balaban J connectivity index is 2.17. The summed E-state index contributed by atoms with van der Waals surface area (Å²) in [7, 11) is 2.07. The van der Waals surface area contributed by atoms with Gasteiger partial charge in [0.05, 0.1) is 11.7 Å². The van der Waals surface area contributed by atoms with Crippen LogP contribution in [-0.2, 0) is 6.54 Å². The van der Waals surface area contributed by atoms with Crippen LogP contribution < -0.4 is 5.32 Å². The summed E-state index contributed by atoms with van der Waals surface area (Å²) < 4.78 is 2.11. The molecule has 1 unspecified atom stereocenters. The molecule has 1 heterocycles. The van der Waals surface area contributed by atoms with Crippen molar-refractivity contribution in [3.8, 4) is 0 Å². The predicted octanol–water partition coefficient (Wildman–Crippen LogP) is 2.35. The Morgan fingerprint density at radius 2 is 2.27 bits per heavy atom. The first-order valence-corrected chi connectivity index (χ1v) is 6.05. The van der Waals surface area contributed by atoms with Gasteiger partial charge in [-0.1, -0.05) is 12.8 Å². The Hall–Kier alpha value is -0.830. The fraction of sp³-hybridized carbons (Fsp3) is 0.750. The van der Waals surface area contributed by atoms with Crippen molar-refractivity contribution in [3.05, 3.63) is 18.0 Å². The van der Waals surface area contributed by atoms with E-state index in [1.165, 1.54) is 31.4 Å². The smallest absolute Gasteiger partial charge is 0.0556 e. The monoisotopic (exact) mass is 207 g/mol. The van der Waals surface area contributed by atoms with Crippen LogP contribution in [0.1, 0.15) is 44.3 Å². The predicted molar refractivity (Wildman–Crippen MR) is 61.7 cm³/mol. The molecule has 0 radical (unpaired) electrons. The van der Waals surface area contributed by atoms with Gasteiger partial charge in [0.25, 0.3) is 0 Å². The minimum Gasteiger partial charge on any atom is -0.311 e. The zero-order chi connectivity index (χ0) is 10.7. The molecule has 1 aliphatic carbocycles. The van der Waals surface area contributed by atoms with Crippen molar-refractivity contribution in [3.63, 3.8) is 0 Å². The molecule has 15 heavy (non-hydrogen) atoms. The van der Waals surface area contributed by atoms with Crippen molar-refractivity contribution in [2.75, 3.05) is 7.05 Å². The molecule has 0 aliphatic heterocycles. The van der Waals surface area contributed by atoms with Gasteiger partial charge in [-0.05, 0) is 38.8 Å². The Labute approximate surface area is 91.9 Å². The lowest BCUT2D eigenvalue weighted by atomic mass is 9.95. The van der Waals surface area contributed by atoms with E-state index in [0.29, 0.717) is 6.04 Å². The van der Waals surface area contributed by atoms with Crippen LogP contribution in [0.15, 0.2) is 12.3 Å². The van der Waals surface area contributed by atoms with Crippen LogP contribution in [0.5, 0.6) is 0 Å². The quantitative estimate of drug-likeness (QED) is 0.821. The fourth-order valence-corrected chi connectivity index (χ4v) is 2.79. The van der Waals surface area contributed by atoms with Gasteiger partial charge in [-0.15, -0.1) is 0 Å². The molecular formula is C12H21N3. The molecule has 1 fully saturated rings. The Kier molecular flexibility index (Phi) is 3.41. The van der Waals surface area contributed by atoms with Crippen LogP contribution in [0.25, 0.3) is 0 Å². The maximum absolute atomic E-state index is 4.35. The van der Waals surface area contributed by atoms with Crippen LogP contribution in [-0.4, -0.2) is 16.8 Å². The maximum atomic E-state index is 4.35. The van der Waals surface area contributed by atoms with Crippen molar-refractivity contribution in [1.29, 1.82) is 0 Å². The van der Waals surface area contributed by atoms with Gasteiger partial charge < -0.3 is 5.32 Å². The number of nitrogens with zero attached hydrogens (tertiary/aromatic N) is 2. The largest absolute Gasteiger partial charge is 0.311 e. The average molecular weight is 207 g/mol. The van der Waals surface area contributed by atoms with E-state index in [-0.39, 0.29) is 0 Å². The van der Waals surface area contributed by atoms with E-state index in [4.69, 9.17) is 0 Å². The highest BCUT2D eigenvalue weighted by atomic mass is 15.3. The van der Waals surface area contributed by atoms with E-state index in [1.807, 2.05) is 6.20 Å². The summed E-state index contributed by atoms with van der Waals surface area (Å²) in [5, 5.41) is 7.81. The summed E-state index contributed by atoms with van der Waals surface area (Å²) in [4.78, 5) is 0. The van der Waals surface area contributed by atoms with Gasteiger partial charge in [0.1, 0.15) is 0 Å². The zero-order valence-corrected chi connectivity index (χ0v) is 9.74. The second-order valence-electron chi connectivity index (χ2n) is 4.38. The highest BCUT2D eigenvalue weighted by Gasteiger charge is 2.26. The molecule has 1 atom stereocenters. The minimum atomic E-state index is 0.495. The lowest BCUT2D eigenvalue weighted by Crippen LogP contribution is -2.26. The Morgan fingerprint density at radius 3 is 2.87 bits per heavy atom. The van der Waals surface area contributed by atoms with Gasteiger partial charge in [0.15, 0.2) is 0 Å². The topological polar surface area (TPSA) is 29.9 Å². The lowest BCUT2D eigenvalue weighted by molar-refractivity contribution is 0.366. The molecule has 2 rings (SSSR count). The minimum absolute atomic E-state index is 0.495. The third kappa shape index (κ3) is 2.07. The number of aromatic nitrogens is 2. The van der Waals surface area contributed by atoms with E-state index in [9.17, 15) is 0 Å². The summed E-state index contributed by atoms with van der Waals surface area (Å²) in [6, 6.07) is 2.65. The first-order chi connectivity index (χ1) is 7.36. The standard InChI is InChI=1S/C12H21N3/c1-3-15-11(8-9-14-15)12(13-2)10-6-4-5-7-10/h8-10,12-13H,3-7H2,1-2H3. The molecule has 0 saturated heterocycles. The van der Waals surface area contributed by atoms with Crippen LogP contribution in [0.2, 0.25) is 0 Å². The number of rotatable bonds is 4. The molecule has 0 aromatic carbocycles. The summed E-state index contributed by atoms with van der Waals surface area (Å²) in [5.41, 5.74) is 1.35. The molecule has 0 bridgehead atoms. The molecule has 3 nitrogen and oxygen atoms in total. The van der Waals surface area contributed by atoms with Gasteiger partial charge in [0, 0.05) is 12.7 Å². The van der Waals surface area contributed by atoms with E-state index in [2.05, 4.69) is 35.1 Å². The molecule has 1 aromatic rings. The number of aryl methyl sites for hydroxylation is 1. The van der Waals surface area contributed by atoms with Crippen molar-refractivity contribution < 1.29 is 0 Å².